The van der Waals surface area contributed by atoms with Gasteiger partial charge in [-0.05, 0) is 22.6 Å². The zero-order valence-electron chi connectivity index (χ0n) is 6.59. The molecule has 3 nitrogen and oxygen atoms in total. The summed E-state index contributed by atoms with van der Waals surface area (Å²) in [6, 6.07) is 1.19. The molecule has 0 aliphatic rings. The van der Waals surface area contributed by atoms with Crippen molar-refractivity contribution in [3.63, 3.8) is 0 Å². The normalized spacial score (nSPS) is 10.5. The lowest BCUT2D eigenvalue weighted by molar-refractivity contribution is 0.143. The summed E-state index contributed by atoms with van der Waals surface area (Å²) in [5.74, 6) is -0.424. The summed E-state index contributed by atoms with van der Waals surface area (Å²) in [6.45, 7) is 0. The standard InChI is InChI=1S/C7H6F2INO2/c1-13-7-4(12)2-3(10)5(11-7)6(8)9/h2,6,12H,1H3. The molecule has 13 heavy (non-hydrogen) atoms. The SMILES string of the molecule is COc1nc(C(F)F)c(I)cc1O. The minimum Gasteiger partial charge on any atom is -0.503 e. The molecule has 0 bridgehead atoms. The average molecular weight is 301 g/mol. The lowest BCUT2D eigenvalue weighted by Gasteiger charge is -2.06. The third kappa shape index (κ3) is 2.17. The molecule has 0 amide bonds. The molecule has 1 N–H and O–H groups in total. The van der Waals surface area contributed by atoms with Crippen LogP contribution in [0.1, 0.15) is 12.1 Å². The van der Waals surface area contributed by atoms with E-state index in [1.54, 1.807) is 22.6 Å². The zero-order valence-corrected chi connectivity index (χ0v) is 8.75. The molecule has 0 aromatic carbocycles. The third-order valence-electron chi connectivity index (χ3n) is 1.35. The number of halogens is 3. The van der Waals surface area contributed by atoms with Gasteiger partial charge in [0.1, 0.15) is 5.69 Å². The second-order valence-corrected chi connectivity index (χ2v) is 3.35. The van der Waals surface area contributed by atoms with E-state index in [9.17, 15) is 8.78 Å². The maximum Gasteiger partial charge on any atom is 0.281 e. The molecule has 1 aromatic heterocycles. The lowest BCUT2D eigenvalue weighted by Crippen LogP contribution is -1.97. The molecule has 0 saturated heterocycles. The number of nitrogens with zero attached hydrogens (tertiary/aromatic N) is 1. The second kappa shape index (κ2) is 4.03. The van der Waals surface area contributed by atoms with E-state index in [0.29, 0.717) is 0 Å². The van der Waals surface area contributed by atoms with Gasteiger partial charge in [-0.3, -0.25) is 0 Å². The van der Waals surface area contributed by atoms with Crippen LogP contribution in [-0.4, -0.2) is 17.2 Å². The van der Waals surface area contributed by atoms with Crippen LogP contribution in [0.5, 0.6) is 11.6 Å². The number of aromatic hydroxyl groups is 1. The molecule has 0 aliphatic carbocycles. The minimum absolute atomic E-state index is 0.185. The summed E-state index contributed by atoms with van der Waals surface area (Å²) in [6.07, 6.45) is -2.67. The van der Waals surface area contributed by atoms with Crippen molar-refractivity contribution in [3.05, 3.63) is 15.3 Å². The van der Waals surface area contributed by atoms with Gasteiger partial charge in [-0.2, -0.15) is 0 Å². The Morgan fingerprint density at radius 3 is 2.69 bits per heavy atom. The van der Waals surface area contributed by atoms with Crippen LogP contribution in [0.4, 0.5) is 8.78 Å². The van der Waals surface area contributed by atoms with Crippen molar-refractivity contribution in [3.8, 4) is 11.6 Å². The molecule has 1 rings (SSSR count). The monoisotopic (exact) mass is 301 g/mol. The van der Waals surface area contributed by atoms with Crippen LogP contribution >= 0.6 is 22.6 Å². The topological polar surface area (TPSA) is 42.4 Å². The van der Waals surface area contributed by atoms with Gasteiger partial charge in [-0.1, -0.05) is 0 Å². The molecule has 0 fully saturated rings. The number of ether oxygens (including phenoxy) is 1. The zero-order chi connectivity index (χ0) is 10.0. The highest BCUT2D eigenvalue weighted by Gasteiger charge is 2.17. The van der Waals surface area contributed by atoms with Gasteiger partial charge < -0.3 is 9.84 Å². The maximum atomic E-state index is 12.3. The van der Waals surface area contributed by atoms with E-state index in [0.717, 1.165) is 0 Å². The second-order valence-electron chi connectivity index (χ2n) is 2.18. The first-order chi connectivity index (χ1) is 6.06. The van der Waals surface area contributed by atoms with E-state index in [-0.39, 0.29) is 20.9 Å². The highest BCUT2D eigenvalue weighted by Crippen LogP contribution is 2.31. The Hall–Kier alpha value is -0.660. The molecule has 0 saturated carbocycles. The first-order valence-corrected chi connectivity index (χ1v) is 4.35. The van der Waals surface area contributed by atoms with Crippen LogP contribution in [0, 0.1) is 3.57 Å². The predicted octanol–water partition coefficient (Wildman–Crippen LogP) is 2.34. The van der Waals surface area contributed by atoms with Crippen molar-refractivity contribution in [2.45, 2.75) is 6.43 Å². The Bertz CT molecular complexity index is 320. The van der Waals surface area contributed by atoms with E-state index in [4.69, 9.17) is 5.11 Å². The van der Waals surface area contributed by atoms with Crippen molar-refractivity contribution >= 4 is 22.6 Å². The summed E-state index contributed by atoms with van der Waals surface area (Å²) in [7, 11) is 1.25. The molecular weight excluding hydrogens is 295 g/mol. The molecule has 0 atom stereocenters. The number of alkyl halides is 2. The third-order valence-corrected chi connectivity index (χ3v) is 2.21. The summed E-state index contributed by atoms with van der Waals surface area (Å²) in [5, 5.41) is 9.16. The van der Waals surface area contributed by atoms with E-state index in [1.807, 2.05) is 0 Å². The first kappa shape index (κ1) is 10.4. The fourth-order valence-electron chi connectivity index (χ4n) is 0.779. The highest BCUT2D eigenvalue weighted by atomic mass is 127. The van der Waals surface area contributed by atoms with E-state index in [2.05, 4.69) is 9.72 Å². The number of hydrogen-bond donors (Lipinski definition) is 1. The van der Waals surface area contributed by atoms with Crippen molar-refractivity contribution < 1.29 is 18.6 Å². The van der Waals surface area contributed by atoms with Crippen molar-refractivity contribution in [1.29, 1.82) is 0 Å². The number of methoxy groups -OCH3 is 1. The Kier molecular flexibility index (Phi) is 3.23. The first-order valence-electron chi connectivity index (χ1n) is 3.27. The van der Waals surface area contributed by atoms with Gasteiger partial charge in [0.05, 0.1) is 7.11 Å². The number of pyridine rings is 1. The number of hydrogen-bond acceptors (Lipinski definition) is 3. The Labute approximate surface area is 86.9 Å². The van der Waals surface area contributed by atoms with Gasteiger partial charge in [0, 0.05) is 9.64 Å². The van der Waals surface area contributed by atoms with E-state index >= 15 is 0 Å². The van der Waals surface area contributed by atoms with Crippen LogP contribution < -0.4 is 4.74 Å². The molecule has 0 unspecified atom stereocenters. The van der Waals surface area contributed by atoms with Crippen LogP contribution in [-0.2, 0) is 0 Å². The molecule has 6 heteroatoms. The molecule has 72 valence electrons. The molecule has 1 aromatic rings. The number of aromatic nitrogens is 1. The van der Waals surface area contributed by atoms with Crippen LogP contribution in [0.15, 0.2) is 6.07 Å². The quantitative estimate of drug-likeness (QED) is 0.853. The van der Waals surface area contributed by atoms with E-state index in [1.165, 1.54) is 13.2 Å². The largest absolute Gasteiger partial charge is 0.503 e. The van der Waals surface area contributed by atoms with Crippen LogP contribution in [0.3, 0.4) is 0 Å². The van der Waals surface area contributed by atoms with Crippen LogP contribution in [0.2, 0.25) is 0 Å². The van der Waals surface area contributed by atoms with Crippen molar-refractivity contribution in [2.75, 3.05) is 7.11 Å². The van der Waals surface area contributed by atoms with Gasteiger partial charge in [-0.15, -0.1) is 0 Å². The predicted molar refractivity (Wildman–Crippen MR) is 50.1 cm³/mol. The minimum atomic E-state index is -2.67. The van der Waals surface area contributed by atoms with E-state index < -0.39 is 6.43 Å². The Morgan fingerprint density at radius 1 is 1.62 bits per heavy atom. The highest BCUT2D eigenvalue weighted by molar-refractivity contribution is 14.1. The Morgan fingerprint density at radius 2 is 2.23 bits per heavy atom. The molecule has 0 radical (unpaired) electrons. The van der Waals surface area contributed by atoms with Gasteiger partial charge in [0.15, 0.2) is 5.75 Å². The maximum absolute atomic E-state index is 12.3. The summed E-state index contributed by atoms with van der Waals surface area (Å²) in [4.78, 5) is 3.46. The van der Waals surface area contributed by atoms with Gasteiger partial charge >= 0.3 is 0 Å². The fourth-order valence-corrected chi connectivity index (χ4v) is 1.43. The number of rotatable bonds is 2. The van der Waals surface area contributed by atoms with Crippen molar-refractivity contribution in [2.24, 2.45) is 0 Å². The average Bonchev–Trinajstić information content (AvgIpc) is 2.03. The summed E-state index contributed by atoms with van der Waals surface area (Å²) >= 11 is 1.68. The summed E-state index contributed by atoms with van der Waals surface area (Å²) < 4.78 is 29.3. The van der Waals surface area contributed by atoms with Crippen LogP contribution in [0.25, 0.3) is 0 Å². The smallest absolute Gasteiger partial charge is 0.281 e. The summed E-state index contributed by atoms with van der Waals surface area (Å²) in [5.41, 5.74) is -0.379. The van der Waals surface area contributed by atoms with Gasteiger partial charge in [0.2, 0.25) is 0 Å². The fraction of sp³-hybridized carbons (Fsp3) is 0.286. The molecule has 0 spiro atoms. The molecular formula is C7H6F2INO2. The van der Waals surface area contributed by atoms with Crippen molar-refractivity contribution in [1.82, 2.24) is 4.98 Å². The van der Waals surface area contributed by atoms with Gasteiger partial charge in [0.25, 0.3) is 12.3 Å². The van der Waals surface area contributed by atoms with Gasteiger partial charge in [-0.25, -0.2) is 13.8 Å². The Balaban J connectivity index is 3.22. The lowest BCUT2D eigenvalue weighted by atomic mass is 10.3. The molecule has 0 aliphatic heterocycles. The molecule has 1 heterocycles.